The Balaban J connectivity index is 2.06. The summed E-state index contributed by atoms with van der Waals surface area (Å²) in [4.78, 5) is 13.7. The summed E-state index contributed by atoms with van der Waals surface area (Å²) in [6, 6.07) is 6.11. The summed E-state index contributed by atoms with van der Waals surface area (Å²) in [5, 5.41) is 4.74. The zero-order chi connectivity index (χ0) is 15.5. The molecule has 0 spiro atoms. The van der Waals surface area contributed by atoms with Crippen molar-refractivity contribution in [1.82, 2.24) is 9.84 Å². The van der Waals surface area contributed by atoms with Crippen LogP contribution in [0.4, 0.5) is 5.69 Å². The third-order valence-electron chi connectivity index (χ3n) is 2.98. The van der Waals surface area contributed by atoms with Crippen molar-refractivity contribution in [3.8, 4) is 0 Å². The number of nitrogens with one attached hydrogen (secondary N) is 2. The first-order chi connectivity index (χ1) is 9.87. The highest BCUT2D eigenvalue weighted by atomic mass is 32.2. The molecule has 1 fully saturated rings. The van der Waals surface area contributed by atoms with Crippen LogP contribution in [0.25, 0.3) is 0 Å². The highest BCUT2D eigenvalue weighted by Gasteiger charge is 2.22. The van der Waals surface area contributed by atoms with Crippen LogP contribution in [0.5, 0.6) is 0 Å². The predicted octanol–water partition coefficient (Wildman–Crippen LogP) is 1.28. The molecule has 2 N–H and O–H groups in total. The number of carbonyl (C=O) groups is 1. The number of anilines is 1. The Labute approximate surface area is 129 Å². The molecule has 0 radical (unpaired) electrons. The molecular formula is C13H19N3O3S2. The van der Waals surface area contributed by atoms with Gasteiger partial charge >= 0.3 is 0 Å². The fourth-order valence-corrected chi connectivity index (χ4v) is 4.16. The van der Waals surface area contributed by atoms with Gasteiger partial charge in [0.15, 0.2) is 0 Å². The van der Waals surface area contributed by atoms with Crippen LogP contribution >= 0.6 is 11.8 Å². The van der Waals surface area contributed by atoms with E-state index in [9.17, 15) is 13.2 Å². The maximum atomic E-state index is 12.3. The number of hydrogen-bond donors (Lipinski definition) is 2. The average Bonchev–Trinajstić information content (AvgIpc) is 2.38. The summed E-state index contributed by atoms with van der Waals surface area (Å²) in [6.45, 7) is 4.86. The minimum absolute atomic E-state index is 0.183. The minimum atomic E-state index is -3.57. The molecule has 1 aromatic carbocycles. The van der Waals surface area contributed by atoms with Gasteiger partial charge in [0, 0.05) is 36.7 Å². The van der Waals surface area contributed by atoms with E-state index in [1.165, 1.54) is 19.1 Å². The van der Waals surface area contributed by atoms with E-state index in [0.717, 1.165) is 5.75 Å². The van der Waals surface area contributed by atoms with E-state index in [2.05, 4.69) is 17.1 Å². The molecule has 2 rings (SSSR count). The van der Waals surface area contributed by atoms with Crippen LogP contribution in [0.2, 0.25) is 0 Å². The summed E-state index contributed by atoms with van der Waals surface area (Å²) >= 11 is 1.83. The third kappa shape index (κ3) is 4.70. The van der Waals surface area contributed by atoms with Crippen LogP contribution in [0.15, 0.2) is 29.2 Å². The highest BCUT2D eigenvalue weighted by molar-refractivity contribution is 8.00. The Kier molecular flexibility index (Phi) is 5.26. The van der Waals surface area contributed by atoms with Crippen LogP contribution in [-0.4, -0.2) is 43.4 Å². The quantitative estimate of drug-likeness (QED) is 0.870. The van der Waals surface area contributed by atoms with Crippen molar-refractivity contribution in [1.29, 1.82) is 0 Å². The fourth-order valence-electron chi connectivity index (χ4n) is 2.04. The maximum Gasteiger partial charge on any atom is 0.253 e. The molecule has 0 aliphatic carbocycles. The lowest BCUT2D eigenvalue weighted by atomic mass is 10.3. The van der Waals surface area contributed by atoms with Gasteiger partial charge in [-0.05, 0) is 24.3 Å². The smallest absolute Gasteiger partial charge is 0.253 e. The van der Waals surface area contributed by atoms with Crippen LogP contribution in [-0.2, 0) is 14.8 Å². The summed E-state index contributed by atoms with van der Waals surface area (Å²) in [5.41, 5.74) is 0.574. The summed E-state index contributed by atoms with van der Waals surface area (Å²) in [5.74, 6) is 0.717. The highest BCUT2D eigenvalue weighted by Crippen LogP contribution is 2.18. The number of rotatable bonds is 4. The van der Waals surface area contributed by atoms with Gasteiger partial charge in [0.1, 0.15) is 0 Å². The van der Waals surface area contributed by atoms with Gasteiger partial charge in [0.2, 0.25) is 5.91 Å². The number of amides is 1. The largest absolute Gasteiger partial charge is 0.326 e. The molecule has 1 saturated heterocycles. The Morgan fingerprint density at radius 2 is 2.00 bits per heavy atom. The van der Waals surface area contributed by atoms with Crippen molar-refractivity contribution in [2.75, 3.05) is 24.2 Å². The van der Waals surface area contributed by atoms with Crippen LogP contribution in [0, 0.1) is 0 Å². The van der Waals surface area contributed by atoms with Gasteiger partial charge in [-0.15, -0.1) is 4.83 Å². The van der Waals surface area contributed by atoms with E-state index in [1.807, 2.05) is 11.8 Å². The van der Waals surface area contributed by atoms with Crippen molar-refractivity contribution < 1.29 is 13.2 Å². The Bertz CT molecular complexity index is 602. The Hall–Kier alpha value is -1.09. The molecule has 1 aliphatic heterocycles. The SMILES string of the molecule is CC(=O)Nc1ccc(S(=O)(=O)NN2CCS[C@@H](C)C2)cc1. The molecule has 1 aliphatic rings. The predicted molar refractivity (Wildman–Crippen MR) is 84.6 cm³/mol. The molecule has 1 atom stereocenters. The lowest BCUT2D eigenvalue weighted by Gasteiger charge is -2.30. The Morgan fingerprint density at radius 1 is 1.33 bits per heavy atom. The summed E-state index contributed by atoms with van der Waals surface area (Å²) in [7, 11) is -3.57. The molecule has 0 bridgehead atoms. The second-order valence-corrected chi connectivity index (χ2v) is 8.13. The van der Waals surface area contributed by atoms with Crippen LogP contribution < -0.4 is 10.1 Å². The summed E-state index contributed by atoms with van der Waals surface area (Å²) in [6.07, 6.45) is 0. The van der Waals surface area contributed by atoms with E-state index in [0.29, 0.717) is 24.0 Å². The van der Waals surface area contributed by atoms with Crippen molar-refractivity contribution in [3.05, 3.63) is 24.3 Å². The van der Waals surface area contributed by atoms with Crippen molar-refractivity contribution in [3.63, 3.8) is 0 Å². The molecule has 6 nitrogen and oxygen atoms in total. The second kappa shape index (κ2) is 6.78. The number of nitrogens with zero attached hydrogens (tertiary/aromatic N) is 1. The molecule has 1 heterocycles. The normalized spacial score (nSPS) is 20.2. The van der Waals surface area contributed by atoms with Crippen molar-refractivity contribution >= 4 is 33.4 Å². The molecule has 1 aromatic rings. The van der Waals surface area contributed by atoms with Gasteiger partial charge in [0.05, 0.1) is 4.90 Å². The molecule has 1 amide bonds. The fraction of sp³-hybridized carbons (Fsp3) is 0.462. The first-order valence-electron chi connectivity index (χ1n) is 6.63. The third-order valence-corrected chi connectivity index (χ3v) is 5.50. The zero-order valence-electron chi connectivity index (χ0n) is 12.0. The monoisotopic (exact) mass is 329 g/mol. The van der Waals surface area contributed by atoms with Crippen LogP contribution in [0.1, 0.15) is 13.8 Å². The van der Waals surface area contributed by atoms with E-state index in [1.54, 1.807) is 17.1 Å². The molecule has 0 saturated carbocycles. The first kappa shape index (κ1) is 16.3. The number of hydrazine groups is 1. The number of hydrogen-bond acceptors (Lipinski definition) is 5. The second-order valence-electron chi connectivity index (χ2n) is 4.93. The first-order valence-corrected chi connectivity index (χ1v) is 9.17. The lowest BCUT2D eigenvalue weighted by Crippen LogP contribution is -2.48. The molecule has 0 unspecified atom stereocenters. The van der Waals surface area contributed by atoms with Gasteiger partial charge in [0.25, 0.3) is 10.0 Å². The van der Waals surface area contributed by atoms with E-state index in [4.69, 9.17) is 0 Å². The van der Waals surface area contributed by atoms with E-state index >= 15 is 0 Å². The van der Waals surface area contributed by atoms with Gasteiger partial charge in [-0.2, -0.15) is 11.8 Å². The number of benzene rings is 1. The van der Waals surface area contributed by atoms with Gasteiger partial charge in [-0.3, -0.25) is 4.79 Å². The molecular weight excluding hydrogens is 310 g/mol. The maximum absolute atomic E-state index is 12.3. The Morgan fingerprint density at radius 3 is 2.57 bits per heavy atom. The number of sulfonamides is 1. The lowest BCUT2D eigenvalue weighted by molar-refractivity contribution is -0.114. The number of carbonyl (C=O) groups excluding carboxylic acids is 1. The minimum Gasteiger partial charge on any atom is -0.326 e. The molecule has 0 aromatic heterocycles. The average molecular weight is 329 g/mol. The van der Waals surface area contributed by atoms with E-state index in [-0.39, 0.29) is 10.8 Å². The molecule has 21 heavy (non-hydrogen) atoms. The summed E-state index contributed by atoms with van der Waals surface area (Å²) < 4.78 is 24.6. The van der Waals surface area contributed by atoms with Gasteiger partial charge in [-0.1, -0.05) is 6.92 Å². The van der Waals surface area contributed by atoms with Gasteiger partial charge in [-0.25, -0.2) is 13.4 Å². The van der Waals surface area contributed by atoms with Gasteiger partial charge < -0.3 is 5.32 Å². The zero-order valence-corrected chi connectivity index (χ0v) is 13.6. The van der Waals surface area contributed by atoms with Crippen LogP contribution in [0.3, 0.4) is 0 Å². The topological polar surface area (TPSA) is 78.5 Å². The van der Waals surface area contributed by atoms with Crippen molar-refractivity contribution in [2.24, 2.45) is 0 Å². The number of thioether (sulfide) groups is 1. The standard InChI is InChI=1S/C13H19N3O3S2/c1-10-9-16(7-8-20-10)15-21(18,19)13-5-3-12(4-6-13)14-11(2)17/h3-6,10,15H,7-9H2,1-2H3,(H,14,17)/t10-/m0/s1. The van der Waals surface area contributed by atoms with Crippen molar-refractivity contribution in [2.45, 2.75) is 24.0 Å². The van der Waals surface area contributed by atoms with E-state index < -0.39 is 10.0 Å². The molecule has 8 heteroatoms. The molecule has 116 valence electrons.